The Morgan fingerprint density at radius 3 is 2.94 bits per heavy atom. The third kappa shape index (κ3) is 0.659. The standard InChI is InChI=1S/C14H20O2/c1-3-13(15)7-6-12-5-4-9-10(8-11(12)13)14(9,12)16-2/h4-5,9-11,15H,3,6-8H2,1-2H3/t9?,10?,11?,12?,13-,14-/m1/s1. The maximum Gasteiger partial charge on any atom is 0.0873 e. The summed E-state index contributed by atoms with van der Waals surface area (Å²) in [4.78, 5) is 0. The lowest BCUT2D eigenvalue weighted by atomic mass is 9.72. The van der Waals surface area contributed by atoms with Crippen molar-refractivity contribution < 1.29 is 9.84 Å². The lowest BCUT2D eigenvalue weighted by Gasteiger charge is -2.37. The second-order valence-corrected chi connectivity index (χ2v) is 6.27. The molecule has 2 heteroatoms. The number of fused-ring (bicyclic) bond motifs is 1. The molecule has 0 heterocycles. The van der Waals surface area contributed by atoms with Gasteiger partial charge in [0, 0.05) is 18.4 Å². The first-order valence-corrected chi connectivity index (χ1v) is 6.61. The molecule has 88 valence electrons. The van der Waals surface area contributed by atoms with E-state index >= 15 is 0 Å². The summed E-state index contributed by atoms with van der Waals surface area (Å²) in [6.45, 7) is 2.12. The molecule has 4 aliphatic rings. The average molecular weight is 220 g/mol. The molecule has 1 N–H and O–H groups in total. The van der Waals surface area contributed by atoms with Gasteiger partial charge in [0.05, 0.1) is 11.2 Å². The Morgan fingerprint density at radius 1 is 1.44 bits per heavy atom. The van der Waals surface area contributed by atoms with Crippen molar-refractivity contribution in [2.45, 2.75) is 43.8 Å². The summed E-state index contributed by atoms with van der Waals surface area (Å²) in [5.41, 5.74) is -0.142. The van der Waals surface area contributed by atoms with E-state index in [1.165, 1.54) is 6.42 Å². The quantitative estimate of drug-likeness (QED) is 0.722. The molecule has 0 aromatic carbocycles. The summed E-state index contributed by atoms with van der Waals surface area (Å²) in [7, 11) is 1.87. The fourth-order valence-corrected chi connectivity index (χ4v) is 5.62. The van der Waals surface area contributed by atoms with Crippen LogP contribution >= 0.6 is 0 Å². The Bertz CT molecular complexity index is 390. The van der Waals surface area contributed by atoms with Crippen LogP contribution in [0, 0.1) is 23.2 Å². The van der Waals surface area contributed by atoms with Gasteiger partial charge in [-0.25, -0.2) is 0 Å². The van der Waals surface area contributed by atoms with E-state index in [1.54, 1.807) is 0 Å². The van der Waals surface area contributed by atoms with Crippen LogP contribution in [0.3, 0.4) is 0 Å². The third-order valence-electron chi connectivity index (χ3n) is 6.38. The Labute approximate surface area is 96.7 Å². The molecule has 0 radical (unpaired) electrons. The zero-order valence-electron chi connectivity index (χ0n) is 10.1. The van der Waals surface area contributed by atoms with Gasteiger partial charge in [0.1, 0.15) is 0 Å². The minimum atomic E-state index is -0.418. The van der Waals surface area contributed by atoms with Crippen LogP contribution in [0.5, 0.6) is 0 Å². The second-order valence-electron chi connectivity index (χ2n) is 6.27. The third-order valence-corrected chi connectivity index (χ3v) is 6.38. The van der Waals surface area contributed by atoms with E-state index in [1.807, 2.05) is 7.11 Å². The lowest BCUT2D eigenvalue weighted by Crippen LogP contribution is -2.42. The van der Waals surface area contributed by atoms with E-state index in [0.29, 0.717) is 17.8 Å². The van der Waals surface area contributed by atoms with Crippen LogP contribution in [0.15, 0.2) is 12.2 Å². The van der Waals surface area contributed by atoms with E-state index < -0.39 is 5.60 Å². The molecule has 0 saturated heterocycles. The van der Waals surface area contributed by atoms with Crippen molar-refractivity contribution in [3.8, 4) is 0 Å². The predicted molar refractivity (Wildman–Crippen MR) is 60.9 cm³/mol. The van der Waals surface area contributed by atoms with Gasteiger partial charge in [0.2, 0.25) is 0 Å². The van der Waals surface area contributed by atoms with Gasteiger partial charge in [-0.05, 0) is 37.5 Å². The molecule has 0 amide bonds. The summed E-state index contributed by atoms with van der Waals surface area (Å²) in [5.74, 6) is 1.81. The van der Waals surface area contributed by atoms with E-state index in [0.717, 1.165) is 19.3 Å². The molecular formula is C14H20O2. The fourth-order valence-electron chi connectivity index (χ4n) is 5.62. The van der Waals surface area contributed by atoms with Crippen molar-refractivity contribution in [2.75, 3.05) is 7.11 Å². The first-order chi connectivity index (χ1) is 7.64. The highest BCUT2D eigenvalue weighted by Gasteiger charge is 2.85. The minimum absolute atomic E-state index is 0.0946. The van der Waals surface area contributed by atoms with Gasteiger partial charge in [0.25, 0.3) is 0 Å². The van der Waals surface area contributed by atoms with Gasteiger partial charge in [-0.15, -0.1) is 0 Å². The van der Waals surface area contributed by atoms with Crippen LogP contribution in [0.4, 0.5) is 0 Å². The number of rotatable bonds is 2. The zero-order chi connectivity index (χ0) is 11.2. The van der Waals surface area contributed by atoms with Crippen molar-refractivity contribution in [1.82, 2.24) is 0 Å². The van der Waals surface area contributed by atoms with Crippen LogP contribution in [0.1, 0.15) is 32.6 Å². The maximum absolute atomic E-state index is 10.7. The van der Waals surface area contributed by atoms with E-state index in [9.17, 15) is 5.11 Å². The normalized spacial score (nSPS) is 64.8. The molecule has 0 bridgehead atoms. The van der Waals surface area contributed by atoms with Crippen LogP contribution in [0.2, 0.25) is 0 Å². The molecule has 0 aromatic rings. The topological polar surface area (TPSA) is 29.5 Å². The molecule has 3 fully saturated rings. The van der Waals surface area contributed by atoms with Gasteiger partial charge >= 0.3 is 0 Å². The monoisotopic (exact) mass is 220 g/mol. The highest BCUT2D eigenvalue weighted by atomic mass is 16.5. The van der Waals surface area contributed by atoms with Crippen LogP contribution in [-0.4, -0.2) is 23.4 Å². The van der Waals surface area contributed by atoms with E-state index in [4.69, 9.17) is 4.74 Å². The zero-order valence-corrected chi connectivity index (χ0v) is 10.1. The number of hydrogen-bond acceptors (Lipinski definition) is 2. The summed E-state index contributed by atoms with van der Waals surface area (Å²) in [6.07, 6.45) is 8.92. The van der Waals surface area contributed by atoms with Gasteiger partial charge < -0.3 is 9.84 Å². The number of aliphatic hydroxyl groups is 1. The molecule has 0 aliphatic heterocycles. The summed E-state index contributed by atoms with van der Waals surface area (Å²) in [6, 6.07) is 0. The van der Waals surface area contributed by atoms with Gasteiger partial charge in [0.15, 0.2) is 0 Å². The first kappa shape index (κ1) is 9.67. The summed E-state index contributed by atoms with van der Waals surface area (Å²) < 4.78 is 5.93. The SMILES string of the molecule is CC[C@@]1(O)CCC23C=CC4C(CC21)[C@]43OC. The highest BCUT2D eigenvalue weighted by molar-refractivity contribution is 5.45. The van der Waals surface area contributed by atoms with Crippen LogP contribution in [0.25, 0.3) is 0 Å². The largest absolute Gasteiger partial charge is 0.390 e. The molecule has 1 spiro atoms. The smallest absolute Gasteiger partial charge is 0.0873 e. The number of methoxy groups -OCH3 is 1. The van der Waals surface area contributed by atoms with Crippen molar-refractivity contribution >= 4 is 0 Å². The van der Waals surface area contributed by atoms with Crippen molar-refractivity contribution in [3.63, 3.8) is 0 Å². The lowest BCUT2D eigenvalue weighted by molar-refractivity contribution is -0.0550. The Balaban J connectivity index is 1.83. The minimum Gasteiger partial charge on any atom is -0.390 e. The number of ether oxygens (including phenoxy) is 1. The van der Waals surface area contributed by atoms with Gasteiger partial charge in [-0.1, -0.05) is 19.1 Å². The molecular weight excluding hydrogens is 200 g/mol. The molecule has 2 nitrogen and oxygen atoms in total. The van der Waals surface area contributed by atoms with E-state index in [2.05, 4.69) is 19.1 Å². The van der Waals surface area contributed by atoms with Crippen molar-refractivity contribution in [1.29, 1.82) is 0 Å². The van der Waals surface area contributed by atoms with E-state index in [-0.39, 0.29) is 11.0 Å². The summed E-state index contributed by atoms with van der Waals surface area (Å²) in [5, 5.41) is 10.7. The molecule has 4 rings (SSSR count). The second kappa shape index (κ2) is 2.41. The molecule has 3 saturated carbocycles. The maximum atomic E-state index is 10.7. The van der Waals surface area contributed by atoms with Crippen LogP contribution < -0.4 is 0 Å². The highest BCUT2D eigenvalue weighted by Crippen LogP contribution is 2.82. The first-order valence-electron chi connectivity index (χ1n) is 6.61. The fraction of sp³-hybridized carbons (Fsp3) is 0.857. The van der Waals surface area contributed by atoms with Gasteiger partial charge in [-0.3, -0.25) is 0 Å². The molecule has 16 heavy (non-hydrogen) atoms. The molecule has 0 aromatic heterocycles. The average Bonchev–Trinajstić information content (AvgIpc) is 2.58. The van der Waals surface area contributed by atoms with Crippen molar-refractivity contribution in [2.24, 2.45) is 23.2 Å². The molecule has 4 aliphatic carbocycles. The predicted octanol–water partition coefficient (Wildman–Crippen LogP) is 2.13. The summed E-state index contributed by atoms with van der Waals surface area (Å²) >= 11 is 0. The van der Waals surface area contributed by atoms with Crippen LogP contribution in [-0.2, 0) is 4.74 Å². The van der Waals surface area contributed by atoms with Gasteiger partial charge in [-0.2, -0.15) is 0 Å². The van der Waals surface area contributed by atoms with Crippen molar-refractivity contribution in [3.05, 3.63) is 12.2 Å². The Kier molecular flexibility index (Phi) is 1.46. The Morgan fingerprint density at radius 2 is 2.25 bits per heavy atom. The number of hydrogen-bond donors (Lipinski definition) is 1. The molecule has 4 unspecified atom stereocenters. The Hall–Kier alpha value is -0.340. The molecule has 6 atom stereocenters.